The Labute approximate surface area is 124 Å². The largest absolute Gasteiger partial charge is 0.476 e. The normalized spacial score (nSPS) is 12.4. The van der Waals surface area contributed by atoms with E-state index in [-0.39, 0.29) is 6.10 Å². The van der Waals surface area contributed by atoms with Gasteiger partial charge in [0.15, 0.2) is 0 Å². The number of ether oxygens (including phenoxy) is 1. The van der Waals surface area contributed by atoms with Gasteiger partial charge in [0.1, 0.15) is 0 Å². The van der Waals surface area contributed by atoms with Crippen LogP contribution in [0.1, 0.15) is 84.5 Å². The molecule has 0 aromatic heterocycles. The third-order valence-electron chi connectivity index (χ3n) is 3.27. The Morgan fingerprint density at radius 2 is 1.39 bits per heavy atom. The van der Waals surface area contributed by atoms with Crippen molar-refractivity contribution in [3.8, 4) is 0 Å². The zero-order valence-corrected chi connectivity index (χ0v) is 13.8. The molecule has 0 aromatic rings. The van der Waals surface area contributed by atoms with E-state index >= 15 is 0 Å². The molecule has 1 atom stereocenters. The van der Waals surface area contributed by atoms with E-state index in [1.165, 1.54) is 64.2 Å². The van der Waals surface area contributed by atoms with Gasteiger partial charge in [-0.1, -0.05) is 77.3 Å². The fourth-order valence-corrected chi connectivity index (χ4v) is 2.49. The molecule has 1 nitrogen and oxygen atoms in total. The summed E-state index contributed by atoms with van der Waals surface area (Å²) in [5.74, 6) is 0. The van der Waals surface area contributed by atoms with Crippen LogP contribution in [0.15, 0.2) is 0 Å². The van der Waals surface area contributed by atoms with Crippen molar-refractivity contribution in [1.29, 1.82) is 0 Å². The van der Waals surface area contributed by atoms with Crippen LogP contribution in [-0.4, -0.2) is 10.5 Å². The minimum absolute atomic E-state index is 0.226. The zero-order chi connectivity index (χ0) is 13.6. The Kier molecular flexibility index (Phi) is 13.8. The number of unbranched alkanes of at least 4 members (excludes halogenated alkanes) is 9. The van der Waals surface area contributed by atoms with E-state index in [1.807, 2.05) is 0 Å². The molecule has 0 rings (SSSR count). The molecule has 0 spiro atoms. The molecule has 0 bridgehead atoms. The van der Waals surface area contributed by atoms with Crippen LogP contribution in [0.25, 0.3) is 0 Å². The molecule has 18 heavy (non-hydrogen) atoms. The highest BCUT2D eigenvalue weighted by molar-refractivity contribution is 8.10. The highest BCUT2D eigenvalue weighted by atomic mass is 32.1. The predicted octanol–water partition coefficient (Wildman–Crippen LogP) is 5.92. The van der Waals surface area contributed by atoms with Gasteiger partial charge in [0.05, 0.1) is 6.10 Å². The van der Waals surface area contributed by atoms with E-state index in [9.17, 15) is 0 Å². The highest BCUT2D eigenvalue weighted by Gasteiger charge is 2.02. The van der Waals surface area contributed by atoms with Crippen LogP contribution in [0.4, 0.5) is 0 Å². The minimum Gasteiger partial charge on any atom is -0.476 e. The first-order valence-corrected chi connectivity index (χ1v) is 8.42. The second-order valence-electron chi connectivity index (χ2n) is 5.17. The van der Waals surface area contributed by atoms with Crippen LogP contribution < -0.4 is 0 Å². The molecule has 0 saturated carbocycles. The van der Waals surface area contributed by atoms with Gasteiger partial charge in [-0.15, -0.1) is 0 Å². The summed E-state index contributed by atoms with van der Waals surface area (Å²) in [6.45, 7) is 4.33. The summed E-state index contributed by atoms with van der Waals surface area (Å²) in [5.41, 5.74) is 0. The lowest BCUT2D eigenvalue weighted by Crippen LogP contribution is -2.09. The first-order chi connectivity index (χ1) is 8.66. The van der Waals surface area contributed by atoms with Crippen molar-refractivity contribution in [2.45, 2.75) is 90.6 Å². The maximum atomic E-state index is 5.33. The Bertz CT molecular complexity index is 195. The summed E-state index contributed by atoms with van der Waals surface area (Å²) in [4.78, 5) is 0. The minimum atomic E-state index is 0.226. The molecule has 0 aliphatic carbocycles. The first-order valence-electron chi connectivity index (χ1n) is 7.56. The van der Waals surface area contributed by atoms with Crippen molar-refractivity contribution in [3.63, 3.8) is 0 Å². The lowest BCUT2D eigenvalue weighted by Gasteiger charge is -2.12. The maximum Gasteiger partial charge on any atom is 0.217 e. The molecule has 1 unspecified atom stereocenters. The summed E-state index contributed by atoms with van der Waals surface area (Å²) in [7, 11) is 0. The molecule has 3 heteroatoms. The number of hydrogen-bond acceptors (Lipinski definition) is 2. The van der Waals surface area contributed by atoms with E-state index in [1.54, 1.807) is 0 Å². The number of rotatable bonds is 12. The van der Waals surface area contributed by atoms with Gasteiger partial charge < -0.3 is 4.74 Å². The van der Waals surface area contributed by atoms with Gasteiger partial charge in [-0.05, 0) is 32.0 Å². The Balaban J connectivity index is 3.09. The third kappa shape index (κ3) is 14.3. The Morgan fingerprint density at radius 3 is 1.83 bits per heavy atom. The summed E-state index contributed by atoms with van der Waals surface area (Å²) < 4.78 is 5.70. The number of hydrogen-bond donors (Lipinski definition) is 1. The van der Waals surface area contributed by atoms with Crippen molar-refractivity contribution >= 4 is 29.2 Å². The molecule has 0 saturated heterocycles. The maximum absolute atomic E-state index is 5.33. The van der Waals surface area contributed by atoms with Gasteiger partial charge in [-0.2, -0.15) is 0 Å². The SMILES string of the molecule is CCCCCCCCCCCCC(C)OC(=S)S. The van der Waals surface area contributed by atoms with Crippen LogP contribution in [0.5, 0.6) is 0 Å². The van der Waals surface area contributed by atoms with Gasteiger partial charge in [-0.25, -0.2) is 0 Å². The van der Waals surface area contributed by atoms with Gasteiger partial charge in [-0.3, -0.25) is 0 Å². The number of thiocarbonyl (C=S) groups is 1. The van der Waals surface area contributed by atoms with Crippen LogP contribution in [0.2, 0.25) is 0 Å². The molecule has 0 aliphatic rings. The molecule has 0 aromatic carbocycles. The van der Waals surface area contributed by atoms with Crippen LogP contribution in [0.3, 0.4) is 0 Å². The van der Waals surface area contributed by atoms with Crippen molar-refractivity contribution in [2.24, 2.45) is 0 Å². The standard InChI is InChI=1S/C15H30OS2/c1-3-4-5-6-7-8-9-10-11-12-13-14(2)16-15(17)18/h14H,3-13H2,1-2H3,(H,17,18). The third-order valence-corrected chi connectivity index (χ3v) is 3.47. The molecule has 0 radical (unpaired) electrons. The Morgan fingerprint density at radius 1 is 0.944 bits per heavy atom. The average Bonchev–Trinajstić information content (AvgIpc) is 2.30. The van der Waals surface area contributed by atoms with E-state index < -0.39 is 0 Å². The van der Waals surface area contributed by atoms with Gasteiger partial charge in [0, 0.05) is 0 Å². The predicted molar refractivity (Wildman–Crippen MR) is 88.6 cm³/mol. The quantitative estimate of drug-likeness (QED) is 0.271. The van der Waals surface area contributed by atoms with Gasteiger partial charge in [0.2, 0.25) is 4.38 Å². The van der Waals surface area contributed by atoms with E-state index in [0.717, 1.165) is 6.42 Å². The highest BCUT2D eigenvalue weighted by Crippen LogP contribution is 2.13. The van der Waals surface area contributed by atoms with Gasteiger partial charge >= 0.3 is 0 Å². The lowest BCUT2D eigenvalue weighted by atomic mass is 10.1. The van der Waals surface area contributed by atoms with Crippen molar-refractivity contribution < 1.29 is 4.74 Å². The summed E-state index contributed by atoms with van der Waals surface area (Å²) in [5, 5.41) is 0. The van der Waals surface area contributed by atoms with E-state index in [2.05, 4.69) is 26.5 Å². The second-order valence-corrected chi connectivity index (χ2v) is 6.24. The molecule has 0 aliphatic heterocycles. The van der Waals surface area contributed by atoms with Gasteiger partial charge in [0.25, 0.3) is 0 Å². The Hall–Kier alpha value is 0.240. The average molecular weight is 291 g/mol. The topological polar surface area (TPSA) is 9.23 Å². The van der Waals surface area contributed by atoms with Crippen molar-refractivity contribution in [1.82, 2.24) is 0 Å². The van der Waals surface area contributed by atoms with Crippen LogP contribution in [0, 0.1) is 0 Å². The van der Waals surface area contributed by atoms with E-state index in [0.29, 0.717) is 4.38 Å². The first kappa shape index (κ1) is 18.2. The zero-order valence-electron chi connectivity index (χ0n) is 12.1. The van der Waals surface area contributed by atoms with Crippen molar-refractivity contribution in [2.75, 3.05) is 0 Å². The molecule has 0 fully saturated rings. The number of thiol groups is 1. The molecular weight excluding hydrogens is 260 g/mol. The van der Waals surface area contributed by atoms with E-state index in [4.69, 9.17) is 17.0 Å². The molecule has 0 heterocycles. The van der Waals surface area contributed by atoms with Crippen molar-refractivity contribution in [3.05, 3.63) is 0 Å². The fourth-order valence-electron chi connectivity index (χ4n) is 2.15. The van der Waals surface area contributed by atoms with Crippen LogP contribution in [-0.2, 0) is 4.74 Å². The lowest BCUT2D eigenvalue weighted by molar-refractivity contribution is 0.206. The molecular formula is C15H30OS2. The summed E-state index contributed by atoms with van der Waals surface area (Å²) >= 11 is 8.77. The fraction of sp³-hybridized carbons (Fsp3) is 0.933. The molecule has 0 amide bonds. The molecule has 108 valence electrons. The summed E-state index contributed by atoms with van der Waals surface area (Å²) in [6.07, 6.45) is 15.1. The second kappa shape index (κ2) is 13.7. The summed E-state index contributed by atoms with van der Waals surface area (Å²) in [6, 6.07) is 0. The molecule has 0 N–H and O–H groups in total. The monoisotopic (exact) mass is 290 g/mol. The van der Waals surface area contributed by atoms with Crippen LogP contribution >= 0.6 is 24.8 Å². The smallest absolute Gasteiger partial charge is 0.217 e.